The Kier molecular flexibility index (Phi) is 2.33. The van der Waals surface area contributed by atoms with E-state index in [-0.39, 0.29) is 6.10 Å². The Morgan fingerprint density at radius 3 is 2.27 bits per heavy atom. The zero-order valence-electron chi connectivity index (χ0n) is 9.06. The van der Waals surface area contributed by atoms with Gasteiger partial charge in [0.15, 0.2) is 0 Å². The van der Waals surface area contributed by atoms with Crippen LogP contribution in [0.4, 0.5) is 0 Å². The Balaban J connectivity index is 1.64. The number of Topliss-reactive ketones (excluding diaryl/α,β-unsaturated/α-hetero) is 1. The van der Waals surface area contributed by atoms with Gasteiger partial charge in [0, 0.05) is 18.0 Å². The van der Waals surface area contributed by atoms with Crippen LogP contribution >= 0.6 is 0 Å². The topological polar surface area (TPSA) is 40.5 Å². The summed E-state index contributed by atoms with van der Waals surface area (Å²) in [6, 6.07) is 0.975. The zero-order chi connectivity index (χ0) is 10.4. The standard InChI is InChI=1S/C12H19NO2/c14-11-5-9-3-4-10(6-11)13(9)7-12(15)8-1-2-8/h8-11,14H,1-7H2. The van der Waals surface area contributed by atoms with Gasteiger partial charge in [-0.05, 0) is 38.5 Å². The molecule has 84 valence electrons. The maximum absolute atomic E-state index is 11.8. The summed E-state index contributed by atoms with van der Waals surface area (Å²) >= 11 is 0. The Labute approximate surface area is 90.5 Å². The van der Waals surface area contributed by atoms with E-state index in [0.29, 0.717) is 30.3 Å². The van der Waals surface area contributed by atoms with E-state index in [4.69, 9.17) is 0 Å². The lowest BCUT2D eigenvalue weighted by Crippen LogP contribution is -2.47. The number of rotatable bonds is 3. The number of fused-ring (bicyclic) bond motifs is 2. The molecule has 0 spiro atoms. The predicted molar refractivity (Wildman–Crippen MR) is 56.5 cm³/mol. The lowest BCUT2D eigenvalue weighted by atomic mass is 9.99. The smallest absolute Gasteiger partial charge is 0.149 e. The highest BCUT2D eigenvalue weighted by Crippen LogP contribution is 2.37. The normalized spacial score (nSPS) is 40.7. The summed E-state index contributed by atoms with van der Waals surface area (Å²) < 4.78 is 0. The first-order valence-electron chi connectivity index (χ1n) is 6.20. The third kappa shape index (κ3) is 1.83. The van der Waals surface area contributed by atoms with Crippen molar-refractivity contribution in [2.75, 3.05) is 6.54 Å². The summed E-state index contributed by atoms with van der Waals surface area (Å²) in [4.78, 5) is 14.1. The van der Waals surface area contributed by atoms with Gasteiger partial charge >= 0.3 is 0 Å². The minimum absolute atomic E-state index is 0.116. The minimum atomic E-state index is -0.116. The van der Waals surface area contributed by atoms with E-state index >= 15 is 0 Å². The summed E-state index contributed by atoms with van der Waals surface area (Å²) in [5, 5.41) is 9.65. The second-order valence-corrected chi connectivity index (χ2v) is 5.42. The Hall–Kier alpha value is -0.410. The van der Waals surface area contributed by atoms with Crippen LogP contribution in [0, 0.1) is 5.92 Å². The van der Waals surface area contributed by atoms with E-state index in [1.165, 1.54) is 12.8 Å². The lowest BCUT2D eigenvalue weighted by molar-refractivity contribution is -0.123. The summed E-state index contributed by atoms with van der Waals surface area (Å²) in [7, 11) is 0. The van der Waals surface area contributed by atoms with Crippen LogP contribution < -0.4 is 0 Å². The van der Waals surface area contributed by atoms with Crippen LogP contribution in [-0.4, -0.2) is 40.5 Å². The Morgan fingerprint density at radius 1 is 1.13 bits per heavy atom. The Bertz CT molecular complexity index is 261. The van der Waals surface area contributed by atoms with Gasteiger partial charge < -0.3 is 5.11 Å². The number of carbonyl (C=O) groups is 1. The number of hydrogen-bond donors (Lipinski definition) is 1. The zero-order valence-corrected chi connectivity index (χ0v) is 9.06. The van der Waals surface area contributed by atoms with Gasteiger partial charge in [-0.25, -0.2) is 0 Å². The van der Waals surface area contributed by atoms with Crippen molar-refractivity contribution in [1.29, 1.82) is 0 Å². The fourth-order valence-corrected chi connectivity index (χ4v) is 3.22. The highest BCUT2D eigenvalue weighted by molar-refractivity contribution is 5.85. The van der Waals surface area contributed by atoms with Gasteiger partial charge in [-0.1, -0.05) is 0 Å². The number of aliphatic hydroxyl groups is 1. The van der Waals surface area contributed by atoms with Crippen molar-refractivity contribution >= 4 is 5.78 Å². The first-order valence-corrected chi connectivity index (χ1v) is 6.20. The molecule has 3 rings (SSSR count). The molecule has 3 fully saturated rings. The molecule has 3 nitrogen and oxygen atoms in total. The highest BCUT2D eigenvalue weighted by atomic mass is 16.3. The molecule has 3 aliphatic rings. The van der Waals surface area contributed by atoms with E-state index in [1.807, 2.05) is 0 Å². The molecule has 0 aromatic heterocycles. The number of hydrogen-bond acceptors (Lipinski definition) is 3. The van der Waals surface area contributed by atoms with Crippen LogP contribution in [0.15, 0.2) is 0 Å². The van der Waals surface area contributed by atoms with Crippen molar-refractivity contribution < 1.29 is 9.90 Å². The molecular formula is C12H19NO2. The molecule has 0 aromatic rings. The Morgan fingerprint density at radius 2 is 1.73 bits per heavy atom. The monoisotopic (exact) mass is 209 g/mol. The summed E-state index contributed by atoms with van der Waals surface area (Å²) in [5.41, 5.74) is 0. The van der Waals surface area contributed by atoms with Crippen LogP contribution in [0.25, 0.3) is 0 Å². The van der Waals surface area contributed by atoms with Gasteiger partial charge in [-0.15, -0.1) is 0 Å². The molecule has 15 heavy (non-hydrogen) atoms. The number of carbonyl (C=O) groups excluding carboxylic acids is 1. The van der Waals surface area contributed by atoms with E-state index in [0.717, 1.165) is 25.7 Å². The molecule has 2 unspecified atom stereocenters. The van der Waals surface area contributed by atoms with Crippen LogP contribution in [0.3, 0.4) is 0 Å². The van der Waals surface area contributed by atoms with E-state index < -0.39 is 0 Å². The van der Waals surface area contributed by atoms with Gasteiger partial charge in [-0.3, -0.25) is 9.69 Å². The fourth-order valence-electron chi connectivity index (χ4n) is 3.22. The van der Waals surface area contributed by atoms with E-state index in [9.17, 15) is 9.90 Å². The first kappa shape index (κ1) is 9.79. The second-order valence-electron chi connectivity index (χ2n) is 5.42. The molecule has 2 aliphatic heterocycles. The maximum atomic E-state index is 11.8. The van der Waals surface area contributed by atoms with Gasteiger partial charge in [0.05, 0.1) is 12.6 Å². The molecule has 2 bridgehead atoms. The van der Waals surface area contributed by atoms with Crippen molar-refractivity contribution in [3.63, 3.8) is 0 Å². The van der Waals surface area contributed by atoms with Gasteiger partial charge in [0.2, 0.25) is 0 Å². The van der Waals surface area contributed by atoms with Crippen molar-refractivity contribution in [3.8, 4) is 0 Å². The fraction of sp³-hybridized carbons (Fsp3) is 0.917. The van der Waals surface area contributed by atoms with Crippen molar-refractivity contribution in [1.82, 2.24) is 4.90 Å². The molecule has 2 atom stereocenters. The highest BCUT2D eigenvalue weighted by Gasteiger charge is 2.42. The molecular weight excluding hydrogens is 190 g/mol. The van der Waals surface area contributed by atoms with Gasteiger partial charge in [0.1, 0.15) is 5.78 Å². The second kappa shape index (κ2) is 3.56. The number of piperidine rings is 1. The van der Waals surface area contributed by atoms with Gasteiger partial charge in [-0.2, -0.15) is 0 Å². The lowest BCUT2D eigenvalue weighted by Gasteiger charge is -2.36. The number of nitrogens with zero attached hydrogens (tertiary/aromatic N) is 1. The number of aliphatic hydroxyl groups excluding tert-OH is 1. The molecule has 3 heteroatoms. The third-order valence-corrected chi connectivity index (χ3v) is 4.23. The van der Waals surface area contributed by atoms with Crippen LogP contribution in [0.1, 0.15) is 38.5 Å². The summed E-state index contributed by atoms with van der Waals surface area (Å²) in [6.45, 7) is 0.659. The molecule has 1 N–H and O–H groups in total. The van der Waals surface area contributed by atoms with Crippen molar-refractivity contribution in [2.45, 2.75) is 56.7 Å². The molecule has 1 aliphatic carbocycles. The molecule has 1 saturated carbocycles. The molecule has 2 heterocycles. The first-order chi connectivity index (χ1) is 7.24. The summed E-state index contributed by atoms with van der Waals surface area (Å²) in [6.07, 6.45) is 6.24. The number of ketones is 1. The van der Waals surface area contributed by atoms with Crippen molar-refractivity contribution in [2.24, 2.45) is 5.92 Å². The van der Waals surface area contributed by atoms with E-state index in [2.05, 4.69) is 4.90 Å². The molecule has 0 aromatic carbocycles. The average molecular weight is 209 g/mol. The average Bonchev–Trinajstić information content (AvgIpc) is 2.97. The van der Waals surface area contributed by atoms with Crippen molar-refractivity contribution in [3.05, 3.63) is 0 Å². The minimum Gasteiger partial charge on any atom is -0.393 e. The van der Waals surface area contributed by atoms with Crippen LogP contribution in [0.2, 0.25) is 0 Å². The SMILES string of the molecule is O=C(CN1C2CCC1CC(O)C2)C1CC1. The predicted octanol–water partition coefficient (Wildman–Crippen LogP) is 0.953. The maximum Gasteiger partial charge on any atom is 0.149 e. The molecule has 0 amide bonds. The largest absolute Gasteiger partial charge is 0.393 e. The molecule has 0 radical (unpaired) electrons. The van der Waals surface area contributed by atoms with Crippen LogP contribution in [0.5, 0.6) is 0 Å². The van der Waals surface area contributed by atoms with Crippen LogP contribution in [-0.2, 0) is 4.79 Å². The summed E-state index contributed by atoms with van der Waals surface area (Å²) in [5.74, 6) is 0.833. The quantitative estimate of drug-likeness (QED) is 0.752. The third-order valence-electron chi connectivity index (χ3n) is 4.23. The van der Waals surface area contributed by atoms with E-state index in [1.54, 1.807) is 0 Å². The van der Waals surface area contributed by atoms with Gasteiger partial charge in [0.25, 0.3) is 0 Å². The molecule has 2 saturated heterocycles.